The Balaban J connectivity index is 1.72. The lowest BCUT2D eigenvalue weighted by molar-refractivity contribution is -0.134. The van der Waals surface area contributed by atoms with Crippen molar-refractivity contribution in [1.82, 2.24) is 10.2 Å². The van der Waals surface area contributed by atoms with Gasteiger partial charge in [-0.15, -0.1) is 0 Å². The van der Waals surface area contributed by atoms with Crippen molar-refractivity contribution < 1.29 is 14.4 Å². The summed E-state index contributed by atoms with van der Waals surface area (Å²) in [7, 11) is 0. The minimum absolute atomic E-state index is 0.212. The maximum atomic E-state index is 12.8. The Morgan fingerprint density at radius 3 is 2.73 bits per heavy atom. The van der Waals surface area contributed by atoms with Crippen LogP contribution in [-0.4, -0.2) is 41.4 Å². The molecule has 1 saturated heterocycles. The van der Waals surface area contributed by atoms with E-state index in [0.29, 0.717) is 18.9 Å². The SMILES string of the molecule is CC(C)CC[C@]1(C)NC(=O)N(CC(=O)N2CCCc3ccccc32)C1=O. The smallest absolute Gasteiger partial charge is 0.323 e. The molecule has 1 fully saturated rings. The molecule has 26 heavy (non-hydrogen) atoms. The third-order valence-electron chi connectivity index (χ3n) is 5.27. The van der Waals surface area contributed by atoms with Crippen LogP contribution in [-0.2, 0) is 16.0 Å². The lowest BCUT2D eigenvalue weighted by atomic mass is 9.92. The van der Waals surface area contributed by atoms with E-state index in [4.69, 9.17) is 0 Å². The van der Waals surface area contributed by atoms with Gasteiger partial charge in [0, 0.05) is 12.2 Å². The summed E-state index contributed by atoms with van der Waals surface area (Å²) >= 11 is 0. The van der Waals surface area contributed by atoms with Crippen molar-refractivity contribution >= 4 is 23.5 Å². The second-order valence-corrected chi connectivity index (χ2v) is 7.86. The minimum Gasteiger partial charge on any atom is -0.323 e. The van der Waals surface area contributed by atoms with E-state index in [1.807, 2.05) is 24.3 Å². The van der Waals surface area contributed by atoms with Gasteiger partial charge in [-0.3, -0.25) is 14.5 Å². The number of benzene rings is 1. The molecule has 0 spiro atoms. The van der Waals surface area contributed by atoms with Crippen LogP contribution in [0.2, 0.25) is 0 Å². The summed E-state index contributed by atoms with van der Waals surface area (Å²) in [5.41, 5.74) is 1.10. The third-order valence-corrected chi connectivity index (χ3v) is 5.27. The zero-order valence-electron chi connectivity index (χ0n) is 15.7. The Labute approximate surface area is 154 Å². The minimum atomic E-state index is -0.915. The van der Waals surface area contributed by atoms with Gasteiger partial charge in [-0.2, -0.15) is 0 Å². The molecule has 4 amide bonds. The molecule has 0 radical (unpaired) electrons. The van der Waals surface area contributed by atoms with Crippen LogP contribution in [0.25, 0.3) is 0 Å². The molecule has 3 rings (SSSR count). The van der Waals surface area contributed by atoms with Gasteiger partial charge in [0.25, 0.3) is 5.91 Å². The first-order chi connectivity index (χ1) is 12.3. The maximum Gasteiger partial charge on any atom is 0.325 e. The number of hydrogen-bond acceptors (Lipinski definition) is 3. The van der Waals surface area contributed by atoms with E-state index >= 15 is 0 Å². The van der Waals surface area contributed by atoms with Crippen LogP contribution in [0.4, 0.5) is 10.5 Å². The highest BCUT2D eigenvalue weighted by Gasteiger charge is 2.48. The van der Waals surface area contributed by atoms with E-state index in [1.165, 1.54) is 0 Å². The van der Waals surface area contributed by atoms with Gasteiger partial charge in [-0.25, -0.2) is 4.79 Å². The number of fused-ring (bicyclic) bond motifs is 1. The van der Waals surface area contributed by atoms with Crippen LogP contribution in [0.3, 0.4) is 0 Å². The summed E-state index contributed by atoms with van der Waals surface area (Å²) in [5.74, 6) is -0.0763. The van der Waals surface area contributed by atoms with Gasteiger partial charge < -0.3 is 10.2 Å². The molecule has 1 N–H and O–H groups in total. The van der Waals surface area contributed by atoms with Gasteiger partial charge >= 0.3 is 6.03 Å². The fourth-order valence-electron chi connectivity index (χ4n) is 3.65. The van der Waals surface area contributed by atoms with Crippen LogP contribution in [0.5, 0.6) is 0 Å². The lowest BCUT2D eigenvalue weighted by Crippen LogP contribution is -2.47. The highest BCUT2D eigenvalue weighted by atomic mass is 16.2. The van der Waals surface area contributed by atoms with Gasteiger partial charge in [0.2, 0.25) is 5.91 Å². The molecule has 1 aromatic rings. The Bertz CT molecular complexity index is 731. The van der Waals surface area contributed by atoms with Crippen molar-refractivity contribution in [2.75, 3.05) is 18.0 Å². The zero-order valence-corrected chi connectivity index (χ0v) is 15.7. The summed E-state index contributed by atoms with van der Waals surface area (Å²) in [6.45, 7) is 6.32. The molecule has 0 aromatic heterocycles. The van der Waals surface area contributed by atoms with Crippen LogP contribution in [0, 0.1) is 5.92 Å². The van der Waals surface area contributed by atoms with Gasteiger partial charge in [0.15, 0.2) is 0 Å². The van der Waals surface area contributed by atoms with E-state index in [1.54, 1.807) is 11.8 Å². The summed E-state index contributed by atoms with van der Waals surface area (Å²) in [4.78, 5) is 40.7. The number of hydrogen-bond donors (Lipinski definition) is 1. The predicted molar refractivity (Wildman–Crippen MR) is 99.8 cm³/mol. The third kappa shape index (κ3) is 3.45. The summed E-state index contributed by atoms with van der Waals surface area (Å²) < 4.78 is 0. The zero-order chi connectivity index (χ0) is 18.9. The number of amides is 4. The molecular weight excluding hydrogens is 330 g/mol. The van der Waals surface area contributed by atoms with Crippen LogP contribution in [0.1, 0.15) is 45.6 Å². The molecule has 0 saturated carbocycles. The second-order valence-electron chi connectivity index (χ2n) is 7.86. The topological polar surface area (TPSA) is 69.7 Å². The fraction of sp³-hybridized carbons (Fsp3) is 0.550. The Morgan fingerprint density at radius 2 is 2.00 bits per heavy atom. The number of para-hydroxylation sites is 1. The molecule has 1 aromatic carbocycles. The highest BCUT2D eigenvalue weighted by molar-refractivity contribution is 6.10. The second kappa shape index (κ2) is 7.09. The Hall–Kier alpha value is -2.37. The van der Waals surface area contributed by atoms with Gasteiger partial charge in [-0.05, 0) is 50.2 Å². The van der Waals surface area contributed by atoms with Crippen molar-refractivity contribution in [3.8, 4) is 0 Å². The molecule has 140 valence electrons. The fourth-order valence-corrected chi connectivity index (χ4v) is 3.65. The highest BCUT2D eigenvalue weighted by Crippen LogP contribution is 2.28. The molecule has 0 unspecified atom stereocenters. The molecule has 0 aliphatic carbocycles. The number of carbonyl (C=O) groups excluding carboxylic acids is 3. The molecule has 0 bridgehead atoms. The number of anilines is 1. The van der Waals surface area contributed by atoms with E-state index in [9.17, 15) is 14.4 Å². The standard InChI is InChI=1S/C20H27N3O3/c1-14(2)10-11-20(3)18(25)23(19(26)21-20)13-17(24)22-12-6-8-15-7-4-5-9-16(15)22/h4-5,7,9,14H,6,8,10-13H2,1-3H3,(H,21,26)/t20-/m0/s1. The normalized spacial score (nSPS) is 22.6. The van der Waals surface area contributed by atoms with E-state index in [2.05, 4.69) is 19.2 Å². The summed E-state index contributed by atoms with van der Waals surface area (Å²) in [6.07, 6.45) is 3.24. The number of aryl methyl sites for hydroxylation is 1. The van der Waals surface area contributed by atoms with Crippen molar-refractivity contribution in [3.05, 3.63) is 29.8 Å². The van der Waals surface area contributed by atoms with Crippen LogP contribution in [0.15, 0.2) is 24.3 Å². The van der Waals surface area contributed by atoms with Crippen molar-refractivity contribution in [3.63, 3.8) is 0 Å². The predicted octanol–water partition coefficient (Wildman–Crippen LogP) is 2.71. The molecule has 6 heteroatoms. The molecule has 6 nitrogen and oxygen atoms in total. The largest absolute Gasteiger partial charge is 0.325 e. The van der Waals surface area contributed by atoms with E-state index < -0.39 is 11.6 Å². The van der Waals surface area contributed by atoms with Gasteiger partial charge in [0.1, 0.15) is 12.1 Å². The molecule has 1 atom stereocenters. The molecule has 2 aliphatic rings. The Kier molecular flexibility index (Phi) is 5.03. The monoisotopic (exact) mass is 357 g/mol. The first-order valence-electron chi connectivity index (χ1n) is 9.34. The van der Waals surface area contributed by atoms with Gasteiger partial charge in [0.05, 0.1) is 0 Å². The van der Waals surface area contributed by atoms with Crippen LogP contribution >= 0.6 is 0 Å². The first kappa shape index (κ1) is 18.4. The van der Waals surface area contributed by atoms with Gasteiger partial charge in [-0.1, -0.05) is 32.0 Å². The average Bonchev–Trinajstić information content (AvgIpc) is 2.83. The average molecular weight is 357 g/mol. The van der Waals surface area contributed by atoms with Crippen molar-refractivity contribution in [2.45, 2.75) is 52.0 Å². The molecule has 2 aliphatic heterocycles. The maximum absolute atomic E-state index is 12.8. The number of nitrogens with zero attached hydrogens (tertiary/aromatic N) is 2. The quantitative estimate of drug-likeness (QED) is 0.824. The van der Waals surface area contributed by atoms with E-state index in [-0.39, 0.29) is 18.4 Å². The van der Waals surface area contributed by atoms with Crippen molar-refractivity contribution in [1.29, 1.82) is 0 Å². The number of nitrogens with one attached hydrogen (secondary N) is 1. The summed E-state index contributed by atoms with van der Waals surface area (Å²) in [5, 5.41) is 2.78. The van der Waals surface area contributed by atoms with E-state index in [0.717, 1.165) is 35.4 Å². The van der Waals surface area contributed by atoms with Crippen LogP contribution < -0.4 is 10.2 Å². The lowest BCUT2D eigenvalue weighted by Gasteiger charge is -2.30. The molecule has 2 heterocycles. The van der Waals surface area contributed by atoms with Crippen molar-refractivity contribution in [2.24, 2.45) is 5.92 Å². The summed E-state index contributed by atoms with van der Waals surface area (Å²) in [6, 6.07) is 7.34. The first-order valence-corrected chi connectivity index (χ1v) is 9.34. The molecular formula is C20H27N3O3. The Morgan fingerprint density at radius 1 is 1.27 bits per heavy atom. The number of urea groups is 1. The number of rotatable bonds is 5. The number of imide groups is 1. The number of carbonyl (C=O) groups is 3.